The predicted molar refractivity (Wildman–Crippen MR) is 78.1 cm³/mol. The number of nitrogens with one attached hydrogen (secondary N) is 1. The molecule has 0 spiro atoms. The minimum atomic E-state index is 0.792. The average molecular weight is 259 g/mol. The molecule has 1 fully saturated rings. The highest BCUT2D eigenvalue weighted by Crippen LogP contribution is 2.24. The lowest BCUT2D eigenvalue weighted by Gasteiger charge is -2.22. The topological polar surface area (TPSA) is 37.8 Å². The first kappa shape index (κ1) is 11.8. The van der Waals surface area contributed by atoms with E-state index < -0.39 is 0 Å². The molecule has 1 aromatic carbocycles. The second-order valence-electron chi connectivity index (χ2n) is 4.68. The molecule has 1 N–H and O–H groups in total. The molecule has 2 aromatic rings. The van der Waals surface area contributed by atoms with Gasteiger partial charge in [0.25, 0.3) is 0 Å². The third kappa shape index (κ3) is 2.58. The predicted octanol–water partition coefficient (Wildman–Crippen LogP) is 3.18. The van der Waals surface area contributed by atoms with E-state index in [1.165, 1.54) is 24.3 Å². The fourth-order valence-corrected chi connectivity index (χ4v) is 3.54. The van der Waals surface area contributed by atoms with Crippen LogP contribution in [0.1, 0.15) is 12.8 Å². The van der Waals surface area contributed by atoms with E-state index in [0.717, 1.165) is 29.2 Å². The minimum absolute atomic E-state index is 0.792. The molecule has 0 aliphatic carbocycles. The molecule has 0 saturated carbocycles. The van der Waals surface area contributed by atoms with E-state index in [-0.39, 0.29) is 0 Å². The van der Waals surface area contributed by atoms with Crippen molar-refractivity contribution in [2.24, 2.45) is 5.92 Å². The van der Waals surface area contributed by atoms with Crippen LogP contribution >= 0.6 is 11.8 Å². The van der Waals surface area contributed by atoms with Crippen LogP contribution in [0.4, 0.5) is 5.82 Å². The van der Waals surface area contributed by atoms with E-state index in [0.29, 0.717) is 0 Å². The molecule has 94 valence electrons. The molecule has 0 unspecified atom stereocenters. The minimum Gasteiger partial charge on any atom is -0.369 e. The third-order valence-corrected chi connectivity index (χ3v) is 4.49. The molecular weight excluding hydrogens is 242 g/mol. The van der Waals surface area contributed by atoms with E-state index in [4.69, 9.17) is 0 Å². The maximum atomic E-state index is 4.36. The van der Waals surface area contributed by atoms with Crippen molar-refractivity contribution in [3.05, 3.63) is 30.6 Å². The van der Waals surface area contributed by atoms with E-state index in [9.17, 15) is 0 Å². The molecule has 1 aromatic heterocycles. The van der Waals surface area contributed by atoms with E-state index >= 15 is 0 Å². The normalized spacial score (nSPS) is 16.9. The summed E-state index contributed by atoms with van der Waals surface area (Å²) in [4.78, 5) is 8.65. The van der Waals surface area contributed by atoms with Crippen molar-refractivity contribution >= 4 is 28.5 Å². The molecule has 1 aliphatic heterocycles. The van der Waals surface area contributed by atoms with Gasteiger partial charge in [-0.15, -0.1) is 0 Å². The van der Waals surface area contributed by atoms with Gasteiger partial charge in [-0.25, -0.2) is 9.97 Å². The summed E-state index contributed by atoms with van der Waals surface area (Å²) in [5.74, 6) is 4.37. The highest BCUT2D eigenvalue weighted by Gasteiger charge is 2.13. The van der Waals surface area contributed by atoms with E-state index in [1.807, 2.05) is 18.2 Å². The number of rotatable bonds is 3. The molecule has 2 heterocycles. The highest BCUT2D eigenvalue weighted by molar-refractivity contribution is 7.99. The third-order valence-electron chi connectivity index (χ3n) is 3.44. The van der Waals surface area contributed by atoms with Crippen molar-refractivity contribution in [1.29, 1.82) is 0 Å². The Morgan fingerprint density at radius 3 is 2.89 bits per heavy atom. The molecule has 1 aliphatic rings. The fraction of sp³-hybridized carbons (Fsp3) is 0.429. The van der Waals surface area contributed by atoms with Crippen LogP contribution in [0.3, 0.4) is 0 Å². The van der Waals surface area contributed by atoms with Crippen molar-refractivity contribution in [1.82, 2.24) is 9.97 Å². The number of fused-ring (bicyclic) bond motifs is 1. The van der Waals surface area contributed by atoms with Gasteiger partial charge in [-0.3, -0.25) is 0 Å². The van der Waals surface area contributed by atoms with Crippen molar-refractivity contribution in [2.75, 3.05) is 23.4 Å². The van der Waals surface area contributed by atoms with Crippen LogP contribution in [-0.2, 0) is 0 Å². The number of hydrogen-bond acceptors (Lipinski definition) is 4. The van der Waals surface area contributed by atoms with E-state index in [2.05, 4.69) is 33.1 Å². The standard InChI is InChI=1S/C14H17N3S/c1-2-4-13-12(3-1)14(17-10-16-13)15-9-11-5-7-18-8-6-11/h1-4,10-11H,5-9H2,(H,15,16,17). The Kier molecular flexibility index (Phi) is 3.64. The summed E-state index contributed by atoms with van der Waals surface area (Å²) < 4.78 is 0. The van der Waals surface area contributed by atoms with Gasteiger partial charge in [0, 0.05) is 11.9 Å². The lowest BCUT2D eigenvalue weighted by Crippen LogP contribution is -2.19. The fourth-order valence-electron chi connectivity index (χ4n) is 2.34. The summed E-state index contributed by atoms with van der Waals surface area (Å²) in [5.41, 5.74) is 1.01. The van der Waals surface area contributed by atoms with Gasteiger partial charge in [0.15, 0.2) is 0 Å². The molecule has 0 atom stereocenters. The monoisotopic (exact) mass is 259 g/mol. The van der Waals surface area contributed by atoms with Crippen LogP contribution in [0, 0.1) is 5.92 Å². The second-order valence-corrected chi connectivity index (χ2v) is 5.90. The highest BCUT2D eigenvalue weighted by atomic mass is 32.2. The van der Waals surface area contributed by atoms with Gasteiger partial charge in [-0.1, -0.05) is 12.1 Å². The summed E-state index contributed by atoms with van der Waals surface area (Å²) in [5, 5.41) is 4.61. The van der Waals surface area contributed by atoms with Crippen molar-refractivity contribution < 1.29 is 0 Å². The first-order valence-corrected chi connectivity index (χ1v) is 7.60. The van der Waals surface area contributed by atoms with Crippen molar-refractivity contribution in [3.63, 3.8) is 0 Å². The number of anilines is 1. The zero-order valence-corrected chi connectivity index (χ0v) is 11.1. The van der Waals surface area contributed by atoms with Crippen LogP contribution in [0.25, 0.3) is 10.9 Å². The largest absolute Gasteiger partial charge is 0.369 e. The Morgan fingerprint density at radius 1 is 1.17 bits per heavy atom. The number of nitrogens with zero attached hydrogens (tertiary/aromatic N) is 2. The number of thioether (sulfide) groups is 1. The summed E-state index contributed by atoms with van der Waals surface area (Å²) in [6.07, 6.45) is 4.28. The summed E-state index contributed by atoms with van der Waals surface area (Å²) in [6.45, 7) is 1.03. The molecular formula is C14H17N3S. The zero-order valence-electron chi connectivity index (χ0n) is 10.3. The summed E-state index contributed by atoms with van der Waals surface area (Å²) in [7, 11) is 0. The number of hydrogen-bond donors (Lipinski definition) is 1. The van der Waals surface area contributed by atoms with Crippen molar-refractivity contribution in [3.8, 4) is 0 Å². The molecule has 3 nitrogen and oxygen atoms in total. The molecule has 0 radical (unpaired) electrons. The van der Waals surface area contributed by atoms with Gasteiger partial charge >= 0.3 is 0 Å². The molecule has 1 saturated heterocycles. The first-order valence-electron chi connectivity index (χ1n) is 6.45. The maximum absolute atomic E-state index is 4.36. The Morgan fingerprint density at radius 2 is 2.00 bits per heavy atom. The molecule has 0 bridgehead atoms. The molecule has 18 heavy (non-hydrogen) atoms. The number of benzene rings is 1. The average Bonchev–Trinajstić information content (AvgIpc) is 2.46. The zero-order chi connectivity index (χ0) is 12.2. The second kappa shape index (κ2) is 5.57. The molecule has 3 rings (SSSR count). The smallest absolute Gasteiger partial charge is 0.137 e. The lowest BCUT2D eigenvalue weighted by molar-refractivity contribution is 0.515. The van der Waals surface area contributed by atoms with Gasteiger partial charge in [0.2, 0.25) is 0 Å². The molecule has 0 amide bonds. The first-order chi connectivity index (χ1) is 8.93. The van der Waals surface area contributed by atoms with Crippen LogP contribution < -0.4 is 5.32 Å². The van der Waals surface area contributed by atoms with Gasteiger partial charge in [-0.2, -0.15) is 11.8 Å². The SMILES string of the molecule is c1ccc2c(NCC3CCSCC3)ncnc2c1. The Hall–Kier alpha value is -1.29. The van der Waals surface area contributed by atoms with Gasteiger partial charge in [0.1, 0.15) is 12.1 Å². The Bertz CT molecular complexity index is 518. The van der Waals surface area contributed by atoms with E-state index in [1.54, 1.807) is 6.33 Å². The lowest BCUT2D eigenvalue weighted by atomic mass is 10.0. The number of aromatic nitrogens is 2. The molecule has 4 heteroatoms. The maximum Gasteiger partial charge on any atom is 0.137 e. The summed E-state index contributed by atoms with van der Waals surface area (Å²) >= 11 is 2.07. The van der Waals surface area contributed by atoms with Crippen LogP contribution in [0.15, 0.2) is 30.6 Å². The van der Waals surface area contributed by atoms with Gasteiger partial charge in [-0.05, 0) is 42.4 Å². The van der Waals surface area contributed by atoms with Crippen LogP contribution in [-0.4, -0.2) is 28.0 Å². The van der Waals surface area contributed by atoms with Gasteiger partial charge < -0.3 is 5.32 Å². The van der Waals surface area contributed by atoms with Crippen LogP contribution in [0.2, 0.25) is 0 Å². The quantitative estimate of drug-likeness (QED) is 0.918. The van der Waals surface area contributed by atoms with Crippen molar-refractivity contribution in [2.45, 2.75) is 12.8 Å². The Labute approximate surface area is 111 Å². The van der Waals surface area contributed by atoms with Crippen LogP contribution in [0.5, 0.6) is 0 Å². The Balaban J connectivity index is 1.74. The number of para-hydroxylation sites is 1. The summed E-state index contributed by atoms with van der Waals surface area (Å²) in [6, 6.07) is 8.15. The van der Waals surface area contributed by atoms with Gasteiger partial charge in [0.05, 0.1) is 5.52 Å².